The highest BCUT2D eigenvalue weighted by Gasteiger charge is 2.33. The summed E-state index contributed by atoms with van der Waals surface area (Å²) >= 11 is 0. The van der Waals surface area contributed by atoms with Gasteiger partial charge in [0.1, 0.15) is 12.4 Å². The number of ether oxygens (including phenoxy) is 2. The van der Waals surface area contributed by atoms with E-state index in [0.717, 1.165) is 0 Å². The molecule has 1 heterocycles. The first-order valence-corrected chi connectivity index (χ1v) is 13.2. The molecule has 0 bridgehead atoms. The van der Waals surface area contributed by atoms with E-state index in [0.29, 0.717) is 31.1 Å². The van der Waals surface area contributed by atoms with Gasteiger partial charge in [-0.25, -0.2) is 16.8 Å². The van der Waals surface area contributed by atoms with Gasteiger partial charge in [-0.3, -0.25) is 0 Å². The van der Waals surface area contributed by atoms with Gasteiger partial charge in [-0.2, -0.15) is 8.61 Å². The molecule has 0 aliphatic carbocycles. The average Bonchev–Trinajstić information content (AvgIpc) is 2.77. The minimum atomic E-state index is -3.70. The average molecular weight is 469 g/mol. The quantitative estimate of drug-likeness (QED) is 0.495. The normalized spacial score (nSPS) is 16.3. The maximum atomic E-state index is 12.9. The van der Waals surface area contributed by atoms with Crippen LogP contribution in [0.3, 0.4) is 0 Å². The molecule has 8 nitrogen and oxygen atoms in total. The zero-order valence-corrected chi connectivity index (χ0v) is 19.1. The fourth-order valence-corrected chi connectivity index (χ4v) is 6.22. The summed E-state index contributed by atoms with van der Waals surface area (Å²) in [6.07, 6.45) is 0. The van der Waals surface area contributed by atoms with E-state index < -0.39 is 20.0 Å². The third-order valence-corrected chi connectivity index (χ3v) is 8.71. The number of hydrogen-bond donors (Lipinski definition) is 0. The SMILES string of the molecule is CCOCCOc1ccc(S(=O)(=O)N2CCN(S(=O)(=O)Cc3ccccc3)CC2)cc1. The van der Waals surface area contributed by atoms with E-state index in [1.54, 1.807) is 36.4 Å². The van der Waals surface area contributed by atoms with Gasteiger partial charge in [-0.15, -0.1) is 0 Å². The van der Waals surface area contributed by atoms with E-state index in [9.17, 15) is 16.8 Å². The molecular weight excluding hydrogens is 440 g/mol. The molecule has 31 heavy (non-hydrogen) atoms. The van der Waals surface area contributed by atoms with Crippen LogP contribution in [-0.2, 0) is 30.5 Å². The van der Waals surface area contributed by atoms with Crippen molar-refractivity contribution in [1.29, 1.82) is 0 Å². The summed E-state index contributed by atoms with van der Waals surface area (Å²) in [5.74, 6) is 0.473. The van der Waals surface area contributed by atoms with Crippen molar-refractivity contribution in [1.82, 2.24) is 8.61 Å². The van der Waals surface area contributed by atoms with Crippen LogP contribution in [0.4, 0.5) is 0 Å². The monoisotopic (exact) mass is 468 g/mol. The lowest BCUT2D eigenvalue weighted by Gasteiger charge is -2.33. The minimum absolute atomic E-state index is 0.0919. The molecule has 0 radical (unpaired) electrons. The molecule has 0 spiro atoms. The molecule has 0 aromatic heterocycles. The fourth-order valence-electron chi connectivity index (χ4n) is 3.28. The van der Waals surface area contributed by atoms with Crippen LogP contribution in [-0.4, -0.2) is 71.4 Å². The Labute approximate surface area is 184 Å². The highest BCUT2D eigenvalue weighted by Crippen LogP contribution is 2.22. The zero-order chi connectivity index (χ0) is 22.3. The van der Waals surface area contributed by atoms with Crippen LogP contribution < -0.4 is 4.74 Å². The van der Waals surface area contributed by atoms with E-state index in [4.69, 9.17) is 9.47 Å². The molecule has 0 unspecified atom stereocenters. The van der Waals surface area contributed by atoms with E-state index in [1.165, 1.54) is 20.7 Å². The fraction of sp³-hybridized carbons (Fsp3) is 0.429. The summed E-state index contributed by atoms with van der Waals surface area (Å²) in [5.41, 5.74) is 0.709. The summed E-state index contributed by atoms with van der Waals surface area (Å²) in [7, 11) is -7.21. The van der Waals surface area contributed by atoms with Crippen molar-refractivity contribution in [2.24, 2.45) is 0 Å². The molecule has 0 saturated carbocycles. The highest BCUT2D eigenvalue weighted by atomic mass is 32.2. The van der Waals surface area contributed by atoms with Crippen molar-refractivity contribution in [2.75, 3.05) is 46.0 Å². The van der Waals surface area contributed by atoms with Gasteiger partial charge in [0.15, 0.2) is 0 Å². The Kier molecular flexibility index (Phi) is 8.06. The standard InChI is InChI=1S/C21H28N2O6S2/c1-2-28-16-17-29-20-8-10-21(11-9-20)31(26,27)23-14-12-22(13-15-23)30(24,25)18-19-6-4-3-5-7-19/h3-11H,2,12-18H2,1H3. The zero-order valence-electron chi connectivity index (χ0n) is 17.5. The van der Waals surface area contributed by atoms with Crippen LogP contribution in [0.25, 0.3) is 0 Å². The smallest absolute Gasteiger partial charge is 0.243 e. The van der Waals surface area contributed by atoms with Crippen molar-refractivity contribution < 1.29 is 26.3 Å². The Morgan fingerprint density at radius 2 is 1.42 bits per heavy atom. The Morgan fingerprint density at radius 3 is 2.03 bits per heavy atom. The molecule has 1 aliphatic heterocycles. The van der Waals surface area contributed by atoms with Crippen LogP contribution in [0.5, 0.6) is 5.75 Å². The van der Waals surface area contributed by atoms with Gasteiger partial charge >= 0.3 is 0 Å². The van der Waals surface area contributed by atoms with Crippen molar-refractivity contribution in [2.45, 2.75) is 17.6 Å². The number of hydrogen-bond acceptors (Lipinski definition) is 6. The van der Waals surface area contributed by atoms with Gasteiger partial charge < -0.3 is 9.47 Å². The van der Waals surface area contributed by atoms with Crippen molar-refractivity contribution in [3.63, 3.8) is 0 Å². The first kappa shape index (κ1) is 23.7. The van der Waals surface area contributed by atoms with Crippen molar-refractivity contribution in [3.05, 3.63) is 60.2 Å². The summed E-state index contributed by atoms with van der Waals surface area (Å²) in [4.78, 5) is 0.158. The topological polar surface area (TPSA) is 93.2 Å². The lowest BCUT2D eigenvalue weighted by Crippen LogP contribution is -2.50. The van der Waals surface area contributed by atoms with Crippen LogP contribution in [0.2, 0.25) is 0 Å². The van der Waals surface area contributed by atoms with Crippen LogP contribution in [0, 0.1) is 0 Å². The van der Waals surface area contributed by atoms with Crippen LogP contribution >= 0.6 is 0 Å². The Balaban J connectivity index is 1.58. The third-order valence-electron chi connectivity index (χ3n) is 4.94. The highest BCUT2D eigenvalue weighted by molar-refractivity contribution is 7.89. The van der Waals surface area contributed by atoms with Crippen molar-refractivity contribution >= 4 is 20.0 Å². The molecule has 170 valence electrons. The van der Waals surface area contributed by atoms with E-state index in [-0.39, 0.29) is 36.8 Å². The third kappa shape index (κ3) is 6.27. The van der Waals surface area contributed by atoms with Gasteiger partial charge in [0, 0.05) is 32.8 Å². The second kappa shape index (κ2) is 10.6. The largest absolute Gasteiger partial charge is 0.491 e. The predicted molar refractivity (Wildman–Crippen MR) is 118 cm³/mol. The molecule has 2 aromatic rings. The number of nitrogens with zero attached hydrogens (tertiary/aromatic N) is 2. The van der Waals surface area contributed by atoms with Crippen LogP contribution in [0.1, 0.15) is 12.5 Å². The molecule has 3 rings (SSSR count). The maximum Gasteiger partial charge on any atom is 0.243 e. The van der Waals surface area contributed by atoms with Gasteiger partial charge in [0.05, 0.1) is 17.3 Å². The molecule has 1 saturated heterocycles. The number of sulfonamides is 2. The molecule has 1 aliphatic rings. The number of rotatable bonds is 10. The number of piperazine rings is 1. The summed E-state index contributed by atoms with van der Waals surface area (Å²) in [5, 5.41) is 0. The first-order valence-electron chi connectivity index (χ1n) is 10.2. The van der Waals surface area contributed by atoms with Gasteiger partial charge in [-0.05, 0) is 36.8 Å². The molecule has 10 heteroatoms. The Hall–Kier alpha value is -1.98. The van der Waals surface area contributed by atoms with Gasteiger partial charge in [0.25, 0.3) is 0 Å². The lowest BCUT2D eigenvalue weighted by atomic mass is 10.2. The minimum Gasteiger partial charge on any atom is -0.491 e. The molecule has 1 fully saturated rings. The molecule has 0 amide bonds. The first-order chi connectivity index (χ1) is 14.8. The maximum absolute atomic E-state index is 12.9. The van der Waals surface area contributed by atoms with E-state index in [1.807, 2.05) is 13.0 Å². The Bertz CT molecular complexity index is 1030. The predicted octanol–water partition coefficient (Wildman–Crippen LogP) is 1.94. The molecule has 0 N–H and O–H groups in total. The second-order valence-corrected chi connectivity index (χ2v) is 11.0. The summed E-state index contributed by atoms with van der Waals surface area (Å²) in [6, 6.07) is 15.2. The van der Waals surface area contributed by atoms with Gasteiger partial charge in [-0.1, -0.05) is 30.3 Å². The van der Waals surface area contributed by atoms with E-state index in [2.05, 4.69) is 0 Å². The van der Waals surface area contributed by atoms with Crippen molar-refractivity contribution in [3.8, 4) is 5.75 Å². The Morgan fingerprint density at radius 1 is 0.806 bits per heavy atom. The number of benzene rings is 2. The summed E-state index contributed by atoms with van der Waals surface area (Å²) < 4.78 is 64.7. The molecule has 0 atom stereocenters. The van der Waals surface area contributed by atoms with Gasteiger partial charge in [0.2, 0.25) is 20.0 Å². The van der Waals surface area contributed by atoms with E-state index >= 15 is 0 Å². The summed E-state index contributed by atoms with van der Waals surface area (Å²) in [6.45, 7) is 3.86. The molecular formula is C21H28N2O6S2. The van der Waals surface area contributed by atoms with Crippen LogP contribution in [0.15, 0.2) is 59.5 Å². The second-order valence-electron chi connectivity index (χ2n) is 7.06. The lowest BCUT2D eigenvalue weighted by molar-refractivity contribution is 0.110. The molecule has 2 aromatic carbocycles.